The van der Waals surface area contributed by atoms with Gasteiger partial charge in [-0.05, 0) is 44.0 Å². The molecule has 6 heteroatoms. The van der Waals surface area contributed by atoms with Crippen molar-refractivity contribution in [1.29, 1.82) is 0 Å². The Kier molecular flexibility index (Phi) is 6.15. The monoisotopic (exact) mass is 329 g/mol. The van der Waals surface area contributed by atoms with Gasteiger partial charge in [0.05, 0.1) is 0 Å². The minimum absolute atomic E-state index is 0.0936. The molecule has 1 aromatic carbocycles. The van der Waals surface area contributed by atoms with Gasteiger partial charge in [-0.25, -0.2) is 4.79 Å². The molecule has 1 atom stereocenters. The molecule has 1 aromatic rings. The first-order valence-electron chi connectivity index (χ1n) is 7.34. The summed E-state index contributed by atoms with van der Waals surface area (Å²) in [4.78, 5) is 14.4. The third kappa shape index (κ3) is 4.77. The lowest BCUT2D eigenvalue weighted by molar-refractivity contribution is 0.173. The molecule has 0 radical (unpaired) electrons. The van der Waals surface area contributed by atoms with Gasteiger partial charge in [0.2, 0.25) is 0 Å². The highest BCUT2D eigenvalue weighted by molar-refractivity contribution is 6.35. The maximum atomic E-state index is 12.5. The molecule has 116 valence electrons. The Morgan fingerprint density at radius 2 is 2.10 bits per heavy atom. The van der Waals surface area contributed by atoms with Crippen LogP contribution in [0.3, 0.4) is 0 Å². The topological polar surface area (TPSA) is 44.4 Å². The van der Waals surface area contributed by atoms with Crippen LogP contribution in [0.25, 0.3) is 0 Å². The van der Waals surface area contributed by atoms with Crippen LogP contribution in [0.2, 0.25) is 10.0 Å². The summed E-state index contributed by atoms with van der Waals surface area (Å²) >= 11 is 11.9. The van der Waals surface area contributed by atoms with Gasteiger partial charge in [0, 0.05) is 34.9 Å². The summed E-state index contributed by atoms with van der Waals surface area (Å²) in [6, 6.07) is 5.20. The van der Waals surface area contributed by atoms with E-state index in [1.165, 1.54) is 0 Å². The summed E-state index contributed by atoms with van der Waals surface area (Å²) in [6.07, 6.45) is 3.07. The van der Waals surface area contributed by atoms with Gasteiger partial charge in [0.15, 0.2) is 0 Å². The van der Waals surface area contributed by atoms with Crippen molar-refractivity contribution >= 4 is 34.9 Å². The number of nitrogens with one attached hydrogen (secondary N) is 2. The van der Waals surface area contributed by atoms with Crippen LogP contribution < -0.4 is 10.6 Å². The highest BCUT2D eigenvalue weighted by Gasteiger charge is 2.24. The quantitative estimate of drug-likeness (QED) is 0.877. The average Bonchev–Trinajstić information content (AvgIpc) is 2.44. The number of piperidine rings is 1. The van der Waals surface area contributed by atoms with Crippen LogP contribution >= 0.6 is 23.2 Å². The average molecular weight is 330 g/mol. The number of urea groups is 1. The van der Waals surface area contributed by atoms with Crippen LogP contribution in [0.1, 0.15) is 26.2 Å². The number of benzene rings is 1. The zero-order chi connectivity index (χ0) is 15.2. The third-order valence-electron chi connectivity index (χ3n) is 3.55. The zero-order valence-corrected chi connectivity index (χ0v) is 13.7. The van der Waals surface area contributed by atoms with Gasteiger partial charge in [0.25, 0.3) is 0 Å². The van der Waals surface area contributed by atoms with E-state index in [9.17, 15) is 4.79 Å². The Morgan fingerprint density at radius 1 is 1.38 bits per heavy atom. The van der Waals surface area contributed by atoms with Crippen LogP contribution in [0.4, 0.5) is 10.5 Å². The molecule has 1 unspecified atom stereocenters. The summed E-state index contributed by atoms with van der Waals surface area (Å²) in [5.41, 5.74) is 0.627. The fourth-order valence-electron chi connectivity index (χ4n) is 2.61. The van der Waals surface area contributed by atoms with E-state index in [4.69, 9.17) is 23.2 Å². The van der Waals surface area contributed by atoms with Crippen molar-refractivity contribution < 1.29 is 4.79 Å². The van der Waals surface area contributed by atoms with Gasteiger partial charge in [0.1, 0.15) is 0 Å². The third-order valence-corrected chi connectivity index (χ3v) is 3.99. The van der Waals surface area contributed by atoms with Crippen molar-refractivity contribution in [3.63, 3.8) is 0 Å². The molecule has 4 nitrogen and oxygen atoms in total. The maximum Gasteiger partial charge on any atom is 0.322 e. The van der Waals surface area contributed by atoms with Crippen LogP contribution in [-0.2, 0) is 0 Å². The molecule has 21 heavy (non-hydrogen) atoms. The number of halogens is 2. The Bertz CT molecular complexity index is 470. The fourth-order valence-corrected chi connectivity index (χ4v) is 3.14. The van der Waals surface area contributed by atoms with Gasteiger partial charge >= 0.3 is 6.03 Å². The molecular formula is C15H21Cl2N3O. The number of hydrogen-bond donors (Lipinski definition) is 2. The van der Waals surface area contributed by atoms with Crippen LogP contribution in [0.15, 0.2) is 18.2 Å². The Morgan fingerprint density at radius 3 is 2.67 bits per heavy atom. The van der Waals surface area contributed by atoms with E-state index in [2.05, 4.69) is 17.6 Å². The molecule has 1 aliphatic rings. The highest BCUT2D eigenvalue weighted by Crippen LogP contribution is 2.23. The van der Waals surface area contributed by atoms with Gasteiger partial charge in [-0.1, -0.05) is 30.1 Å². The second-order valence-electron chi connectivity index (χ2n) is 5.28. The molecule has 0 bridgehead atoms. The first-order chi connectivity index (χ1) is 10.1. The minimum Gasteiger partial charge on any atom is -0.320 e. The molecule has 2 rings (SSSR count). The van der Waals surface area contributed by atoms with Crippen molar-refractivity contribution in [3.05, 3.63) is 28.2 Å². The molecule has 1 saturated heterocycles. The Balaban J connectivity index is 2.06. The van der Waals surface area contributed by atoms with E-state index in [1.54, 1.807) is 18.2 Å². The second-order valence-corrected chi connectivity index (χ2v) is 6.15. The predicted octanol–water partition coefficient (Wildman–Crippen LogP) is 3.99. The minimum atomic E-state index is -0.0936. The first-order valence-corrected chi connectivity index (χ1v) is 8.10. The van der Waals surface area contributed by atoms with Crippen molar-refractivity contribution in [2.75, 3.05) is 25.0 Å². The molecule has 0 saturated carbocycles. The second kappa shape index (κ2) is 7.87. The lowest BCUT2D eigenvalue weighted by Crippen LogP contribution is -2.50. The molecule has 0 spiro atoms. The molecule has 2 amide bonds. The number of nitrogens with zero attached hydrogens (tertiary/aromatic N) is 1. The lowest BCUT2D eigenvalue weighted by atomic mass is 10.1. The van der Waals surface area contributed by atoms with Gasteiger partial charge < -0.3 is 15.5 Å². The Labute approximate surface area is 135 Å². The van der Waals surface area contributed by atoms with Crippen LogP contribution in [-0.4, -0.2) is 36.6 Å². The Hall–Kier alpha value is -0.970. The summed E-state index contributed by atoms with van der Waals surface area (Å²) in [5.74, 6) is 0. The lowest BCUT2D eigenvalue weighted by Gasteiger charge is -2.34. The van der Waals surface area contributed by atoms with Crippen molar-refractivity contribution in [2.24, 2.45) is 0 Å². The van der Waals surface area contributed by atoms with E-state index in [0.717, 1.165) is 38.9 Å². The van der Waals surface area contributed by atoms with E-state index < -0.39 is 0 Å². The number of hydrogen-bond acceptors (Lipinski definition) is 2. The summed E-state index contributed by atoms with van der Waals surface area (Å²) in [6.45, 7) is 4.70. The van der Waals surface area contributed by atoms with Crippen LogP contribution in [0.5, 0.6) is 0 Å². The summed E-state index contributed by atoms with van der Waals surface area (Å²) < 4.78 is 0. The maximum absolute atomic E-state index is 12.5. The van der Waals surface area contributed by atoms with Crippen molar-refractivity contribution in [3.8, 4) is 0 Å². The first kappa shape index (κ1) is 16.4. The van der Waals surface area contributed by atoms with Gasteiger partial charge in [-0.2, -0.15) is 0 Å². The zero-order valence-electron chi connectivity index (χ0n) is 12.2. The van der Waals surface area contributed by atoms with E-state index >= 15 is 0 Å². The molecule has 0 aliphatic carbocycles. The predicted molar refractivity (Wildman–Crippen MR) is 88.4 cm³/mol. The van der Waals surface area contributed by atoms with E-state index in [1.807, 2.05) is 4.90 Å². The number of amides is 2. The largest absolute Gasteiger partial charge is 0.322 e. The molecule has 0 aromatic heterocycles. The van der Waals surface area contributed by atoms with Crippen molar-refractivity contribution in [1.82, 2.24) is 10.2 Å². The van der Waals surface area contributed by atoms with Crippen LogP contribution in [0, 0.1) is 0 Å². The summed E-state index contributed by atoms with van der Waals surface area (Å²) in [5, 5.41) is 7.27. The molecule has 1 fully saturated rings. The van der Waals surface area contributed by atoms with E-state index in [0.29, 0.717) is 15.7 Å². The van der Waals surface area contributed by atoms with Gasteiger partial charge in [-0.15, -0.1) is 0 Å². The molecular weight excluding hydrogens is 309 g/mol. The summed E-state index contributed by atoms with van der Waals surface area (Å²) in [7, 11) is 0. The number of carbonyl (C=O) groups is 1. The number of carbonyl (C=O) groups excluding carboxylic acids is 1. The van der Waals surface area contributed by atoms with Crippen molar-refractivity contribution in [2.45, 2.75) is 32.2 Å². The molecule has 2 N–H and O–H groups in total. The number of anilines is 1. The number of rotatable bonds is 4. The standard InChI is InChI=1S/C15H21Cl2N3O/c1-2-6-20(14-4-3-5-18-10-14)15(21)19-13-8-11(16)7-12(17)9-13/h7-9,14,18H,2-6,10H2,1H3,(H,19,21). The molecule has 1 aliphatic heterocycles. The normalized spacial score (nSPS) is 18.3. The smallest absolute Gasteiger partial charge is 0.320 e. The fraction of sp³-hybridized carbons (Fsp3) is 0.533. The van der Waals surface area contributed by atoms with E-state index in [-0.39, 0.29) is 12.1 Å². The SMILES string of the molecule is CCCN(C(=O)Nc1cc(Cl)cc(Cl)c1)C1CCCNC1. The highest BCUT2D eigenvalue weighted by atomic mass is 35.5. The van der Waals surface area contributed by atoms with Gasteiger partial charge in [-0.3, -0.25) is 0 Å². The molecule has 1 heterocycles.